The molecule has 1 aromatic carbocycles. The minimum atomic E-state index is -3.69. The highest BCUT2D eigenvalue weighted by Gasteiger charge is 2.33. The van der Waals surface area contributed by atoms with Gasteiger partial charge in [-0.15, -0.1) is 0 Å². The molecule has 1 aliphatic heterocycles. The molecule has 1 heterocycles. The first-order chi connectivity index (χ1) is 8.39. The molecule has 1 fully saturated rings. The number of aliphatic hydroxyl groups is 2. The summed E-state index contributed by atoms with van der Waals surface area (Å²) in [6.45, 7) is 0.00748. The largest absolute Gasteiger partial charge is 0.399 e. The van der Waals surface area contributed by atoms with E-state index in [0.29, 0.717) is 5.69 Å². The number of rotatable bonds is 2. The molecule has 2 rings (SSSR count). The smallest absolute Gasteiger partial charge is 0.243 e. The molecule has 1 saturated heterocycles. The fourth-order valence-corrected chi connectivity index (χ4v) is 3.51. The lowest BCUT2D eigenvalue weighted by Crippen LogP contribution is -2.48. The van der Waals surface area contributed by atoms with E-state index in [9.17, 15) is 18.6 Å². The lowest BCUT2D eigenvalue weighted by molar-refractivity contribution is 0.0213. The van der Waals surface area contributed by atoms with Crippen molar-refractivity contribution in [1.29, 1.82) is 0 Å². The van der Waals surface area contributed by atoms with Gasteiger partial charge < -0.3 is 15.9 Å². The van der Waals surface area contributed by atoms with Crippen molar-refractivity contribution < 1.29 is 18.6 Å². The monoisotopic (exact) mass is 272 g/mol. The van der Waals surface area contributed by atoms with E-state index in [1.54, 1.807) is 0 Å². The maximum Gasteiger partial charge on any atom is 0.243 e. The number of nitrogen functional groups attached to an aromatic ring is 1. The van der Waals surface area contributed by atoms with Crippen molar-refractivity contribution in [3.05, 3.63) is 24.3 Å². The zero-order valence-electron chi connectivity index (χ0n) is 9.73. The van der Waals surface area contributed by atoms with E-state index in [1.807, 2.05) is 0 Å². The Labute approximate surface area is 106 Å². The summed E-state index contributed by atoms with van der Waals surface area (Å²) >= 11 is 0. The van der Waals surface area contributed by atoms with E-state index in [2.05, 4.69) is 0 Å². The number of hydrogen-bond acceptors (Lipinski definition) is 5. The SMILES string of the molecule is Nc1ccc(S(=O)(=O)N2CC(O)CC(O)C2)cc1. The molecule has 0 saturated carbocycles. The molecule has 100 valence electrons. The lowest BCUT2D eigenvalue weighted by Gasteiger charge is -2.32. The zero-order valence-corrected chi connectivity index (χ0v) is 10.5. The number of sulfonamides is 1. The van der Waals surface area contributed by atoms with Gasteiger partial charge in [0.15, 0.2) is 0 Å². The van der Waals surface area contributed by atoms with Crippen LogP contribution in [0.1, 0.15) is 6.42 Å². The Hall–Kier alpha value is -1.15. The highest BCUT2D eigenvalue weighted by atomic mass is 32.2. The van der Waals surface area contributed by atoms with E-state index < -0.39 is 22.2 Å². The summed E-state index contributed by atoms with van der Waals surface area (Å²) in [4.78, 5) is 0.109. The van der Waals surface area contributed by atoms with Crippen molar-refractivity contribution >= 4 is 15.7 Å². The Morgan fingerprint density at radius 1 is 1.11 bits per heavy atom. The highest BCUT2D eigenvalue weighted by molar-refractivity contribution is 7.89. The number of β-amino-alcohol motifs (C(OH)–C–C–N with tert-alkyl or cyclic N) is 2. The maximum atomic E-state index is 12.3. The van der Waals surface area contributed by atoms with Gasteiger partial charge in [0, 0.05) is 25.2 Å². The van der Waals surface area contributed by atoms with Crippen LogP contribution < -0.4 is 5.73 Å². The van der Waals surface area contributed by atoms with E-state index in [-0.39, 0.29) is 24.4 Å². The summed E-state index contributed by atoms with van der Waals surface area (Å²) in [5.74, 6) is 0. The fraction of sp³-hybridized carbons (Fsp3) is 0.455. The van der Waals surface area contributed by atoms with Gasteiger partial charge in [0.2, 0.25) is 10.0 Å². The molecule has 2 unspecified atom stereocenters. The van der Waals surface area contributed by atoms with Crippen molar-refractivity contribution in [2.45, 2.75) is 23.5 Å². The number of aliphatic hydroxyl groups excluding tert-OH is 2. The fourth-order valence-electron chi connectivity index (χ4n) is 1.99. The molecule has 0 spiro atoms. The molecule has 6 nitrogen and oxygen atoms in total. The number of nitrogens with two attached hydrogens (primary N) is 1. The topological polar surface area (TPSA) is 104 Å². The van der Waals surface area contributed by atoms with Crippen LogP contribution in [-0.4, -0.2) is 48.2 Å². The van der Waals surface area contributed by atoms with Crippen LogP contribution in [-0.2, 0) is 10.0 Å². The minimum Gasteiger partial charge on any atom is -0.399 e. The Bertz CT molecular complexity index is 504. The molecule has 18 heavy (non-hydrogen) atoms. The second-order valence-electron chi connectivity index (χ2n) is 4.43. The molecule has 1 aromatic rings. The molecule has 0 aromatic heterocycles. The number of benzene rings is 1. The third-order valence-corrected chi connectivity index (χ3v) is 4.74. The molecule has 0 amide bonds. The van der Waals surface area contributed by atoms with E-state index in [4.69, 9.17) is 5.73 Å². The van der Waals surface area contributed by atoms with Gasteiger partial charge in [0.05, 0.1) is 17.1 Å². The van der Waals surface area contributed by atoms with Crippen LogP contribution in [0.3, 0.4) is 0 Å². The van der Waals surface area contributed by atoms with E-state index >= 15 is 0 Å². The van der Waals surface area contributed by atoms with Crippen molar-refractivity contribution in [2.24, 2.45) is 0 Å². The van der Waals surface area contributed by atoms with Gasteiger partial charge in [-0.2, -0.15) is 4.31 Å². The Kier molecular flexibility index (Phi) is 3.58. The number of hydrogen-bond donors (Lipinski definition) is 3. The van der Waals surface area contributed by atoms with Crippen molar-refractivity contribution in [2.75, 3.05) is 18.8 Å². The summed E-state index contributed by atoms with van der Waals surface area (Å²) in [7, 11) is -3.69. The Morgan fingerprint density at radius 2 is 1.61 bits per heavy atom. The molecule has 0 radical (unpaired) electrons. The molecular weight excluding hydrogens is 256 g/mol. The standard InChI is InChI=1S/C11H16N2O4S/c12-8-1-3-11(4-2-8)18(16,17)13-6-9(14)5-10(15)7-13/h1-4,9-10,14-15H,5-7,12H2. The number of piperidine rings is 1. The van der Waals surface area contributed by atoms with E-state index in [0.717, 1.165) is 4.31 Å². The van der Waals surface area contributed by atoms with Crippen molar-refractivity contribution in [3.8, 4) is 0 Å². The molecule has 4 N–H and O–H groups in total. The van der Waals surface area contributed by atoms with Crippen molar-refractivity contribution in [3.63, 3.8) is 0 Å². The molecule has 0 bridgehead atoms. The molecule has 7 heteroatoms. The Morgan fingerprint density at radius 3 is 2.11 bits per heavy atom. The van der Waals surface area contributed by atoms with Crippen LogP contribution in [0.5, 0.6) is 0 Å². The number of nitrogens with zero attached hydrogens (tertiary/aromatic N) is 1. The molecule has 0 aliphatic carbocycles. The van der Waals surface area contributed by atoms with Gasteiger partial charge in [-0.1, -0.05) is 0 Å². The summed E-state index contributed by atoms with van der Waals surface area (Å²) in [5.41, 5.74) is 5.98. The summed E-state index contributed by atoms with van der Waals surface area (Å²) in [6.07, 6.45) is -1.47. The van der Waals surface area contributed by atoms with Gasteiger partial charge in [-0.25, -0.2) is 8.42 Å². The van der Waals surface area contributed by atoms with Gasteiger partial charge >= 0.3 is 0 Å². The average molecular weight is 272 g/mol. The van der Waals surface area contributed by atoms with Crippen LogP contribution in [0.25, 0.3) is 0 Å². The van der Waals surface area contributed by atoms with Gasteiger partial charge in [-0.3, -0.25) is 0 Å². The average Bonchev–Trinajstić information content (AvgIpc) is 2.28. The maximum absolute atomic E-state index is 12.3. The van der Waals surface area contributed by atoms with Gasteiger partial charge in [0.1, 0.15) is 0 Å². The predicted molar refractivity (Wildman–Crippen MR) is 66.2 cm³/mol. The van der Waals surface area contributed by atoms with E-state index in [1.165, 1.54) is 24.3 Å². The van der Waals surface area contributed by atoms with Gasteiger partial charge in [0.25, 0.3) is 0 Å². The van der Waals surface area contributed by atoms with Crippen LogP contribution in [0.15, 0.2) is 29.2 Å². The lowest BCUT2D eigenvalue weighted by atomic mass is 10.1. The first-order valence-corrected chi connectivity index (χ1v) is 7.05. The molecule has 1 aliphatic rings. The second kappa shape index (κ2) is 4.85. The predicted octanol–water partition coefficient (Wildman–Crippen LogP) is -0.615. The van der Waals surface area contributed by atoms with Crippen LogP contribution in [0.2, 0.25) is 0 Å². The van der Waals surface area contributed by atoms with Crippen LogP contribution in [0.4, 0.5) is 5.69 Å². The quantitative estimate of drug-likeness (QED) is 0.623. The minimum absolute atomic E-state index is 0.00374. The van der Waals surface area contributed by atoms with Crippen LogP contribution in [0, 0.1) is 0 Å². The number of anilines is 1. The normalized spacial score (nSPS) is 26.1. The van der Waals surface area contributed by atoms with Crippen molar-refractivity contribution in [1.82, 2.24) is 4.31 Å². The third kappa shape index (κ3) is 2.64. The highest BCUT2D eigenvalue weighted by Crippen LogP contribution is 2.21. The third-order valence-electron chi connectivity index (χ3n) is 2.89. The zero-order chi connectivity index (χ0) is 13.3. The van der Waals surface area contributed by atoms with Gasteiger partial charge in [-0.05, 0) is 24.3 Å². The Balaban J connectivity index is 2.28. The van der Waals surface area contributed by atoms with Crippen LogP contribution >= 0.6 is 0 Å². The molecule has 2 atom stereocenters. The summed E-state index contributed by atoms with van der Waals surface area (Å²) in [5, 5.41) is 19.0. The molecular formula is C11H16N2O4S. The first kappa shape index (κ1) is 13.3. The summed E-state index contributed by atoms with van der Waals surface area (Å²) < 4.78 is 25.6. The second-order valence-corrected chi connectivity index (χ2v) is 6.37. The first-order valence-electron chi connectivity index (χ1n) is 5.61. The summed E-state index contributed by atoms with van der Waals surface area (Å²) in [6, 6.07) is 5.84.